The van der Waals surface area contributed by atoms with Crippen LogP contribution in [0.4, 0.5) is 17.3 Å². The molecule has 3 rings (SSSR count). The molecule has 0 spiro atoms. The number of hydrogen-bond acceptors (Lipinski definition) is 6. The van der Waals surface area contributed by atoms with Gasteiger partial charge in [-0.25, -0.2) is 4.98 Å². The van der Waals surface area contributed by atoms with Crippen LogP contribution in [0.25, 0.3) is 0 Å². The van der Waals surface area contributed by atoms with Gasteiger partial charge in [0, 0.05) is 32.4 Å². The minimum Gasteiger partial charge on any atom is -0.397 e. The van der Waals surface area contributed by atoms with Crippen molar-refractivity contribution in [1.82, 2.24) is 15.2 Å². The summed E-state index contributed by atoms with van der Waals surface area (Å²) in [6, 6.07) is 7.76. The Kier molecular flexibility index (Phi) is 3.14. The van der Waals surface area contributed by atoms with Crippen LogP contribution in [-0.4, -0.2) is 41.4 Å². The van der Waals surface area contributed by atoms with Crippen molar-refractivity contribution in [3.63, 3.8) is 0 Å². The summed E-state index contributed by atoms with van der Waals surface area (Å²) >= 11 is 0. The maximum absolute atomic E-state index is 5.65. The molecule has 1 fully saturated rings. The molecule has 2 aromatic rings. The molecule has 1 aliphatic rings. The molecule has 1 saturated heterocycles. The number of nitrogens with two attached hydrogens (primary N) is 1. The van der Waals surface area contributed by atoms with Crippen molar-refractivity contribution in [3.05, 3.63) is 36.7 Å². The molecular formula is C13H16N6. The van der Waals surface area contributed by atoms with Gasteiger partial charge in [0.15, 0.2) is 5.82 Å². The molecule has 0 aromatic carbocycles. The Morgan fingerprint density at radius 1 is 0.947 bits per heavy atom. The molecule has 0 radical (unpaired) electrons. The summed E-state index contributed by atoms with van der Waals surface area (Å²) < 4.78 is 0. The fraction of sp³-hybridized carbons (Fsp3) is 0.308. The molecule has 6 nitrogen and oxygen atoms in total. The highest BCUT2D eigenvalue weighted by atomic mass is 15.3. The van der Waals surface area contributed by atoms with Crippen molar-refractivity contribution in [3.8, 4) is 0 Å². The molecule has 1 aliphatic heterocycles. The normalized spacial score (nSPS) is 15.6. The van der Waals surface area contributed by atoms with Gasteiger partial charge in [-0.1, -0.05) is 0 Å². The molecule has 2 N–H and O–H groups in total. The van der Waals surface area contributed by atoms with Crippen LogP contribution in [0.5, 0.6) is 0 Å². The Morgan fingerprint density at radius 3 is 2.26 bits per heavy atom. The zero-order chi connectivity index (χ0) is 13.1. The molecule has 0 atom stereocenters. The highest BCUT2D eigenvalue weighted by Crippen LogP contribution is 2.17. The van der Waals surface area contributed by atoms with Crippen LogP contribution >= 0.6 is 0 Å². The summed E-state index contributed by atoms with van der Waals surface area (Å²) in [4.78, 5) is 8.85. The van der Waals surface area contributed by atoms with Crippen molar-refractivity contribution in [2.75, 3.05) is 41.7 Å². The molecule has 3 heterocycles. The molecule has 98 valence electrons. The van der Waals surface area contributed by atoms with Crippen molar-refractivity contribution in [1.29, 1.82) is 0 Å². The second-order valence-corrected chi connectivity index (χ2v) is 4.51. The SMILES string of the molecule is Nc1ccc(N2CCN(c3cccnn3)CC2)nc1. The lowest BCUT2D eigenvalue weighted by Gasteiger charge is -2.35. The third-order valence-corrected chi connectivity index (χ3v) is 3.26. The van der Waals surface area contributed by atoms with E-state index < -0.39 is 0 Å². The van der Waals surface area contributed by atoms with Gasteiger partial charge in [-0.3, -0.25) is 0 Å². The second kappa shape index (κ2) is 5.09. The van der Waals surface area contributed by atoms with Crippen molar-refractivity contribution in [2.45, 2.75) is 0 Å². The van der Waals surface area contributed by atoms with E-state index >= 15 is 0 Å². The maximum Gasteiger partial charge on any atom is 0.151 e. The van der Waals surface area contributed by atoms with Crippen LogP contribution in [0.3, 0.4) is 0 Å². The Labute approximate surface area is 111 Å². The molecule has 0 bridgehead atoms. The number of hydrogen-bond donors (Lipinski definition) is 1. The van der Waals surface area contributed by atoms with E-state index in [0.29, 0.717) is 5.69 Å². The fourth-order valence-electron chi connectivity index (χ4n) is 2.21. The number of pyridine rings is 1. The number of rotatable bonds is 2. The van der Waals surface area contributed by atoms with E-state index in [2.05, 4.69) is 25.0 Å². The van der Waals surface area contributed by atoms with E-state index in [-0.39, 0.29) is 0 Å². The number of piperazine rings is 1. The quantitative estimate of drug-likeness (QED) is 0.856. The van der Waals surface area contributed by atoms with Gasteiger partial charge in [-0.05, 0) is 24.3 Å². The highest BCUT2D eigenvalue weighted by Gasteiger charge is 2.18. The largest absolute Gasteiger partial charge is 0.397 e. The second-order valence-electron chi connectivity index (χ2n) is 4.51. The Hall–Kier alpha value is -2.37. The predicted octanol–water partition coefficient (Wildman–Crippen LogP) is 0.780. The topological polar surface area (TPSA) is 71.2 Å². The van der Waals surface area contributed by atoms with Crippen LogP contribution in [0, 0.1) is 0 Å². The maximum atomic E-state index is 5.65. The number of anilines is 3. The minimum atomic E-state index is 0.696. The van der Waals surface area contributed by atoms with E-state index in [9.17, 15) is 0 Å². The van der Waals surface area contributed by atoms with Crippen molar-refractivity contribution in [2.24, 2.45) is 0 Å². The van der Waals surface area contributed by atoms with Crippen LogP contribution in [-0.2, 0) is 0 Å². The van der Waals surface area contributed by atoms with E-state index in [1.807, 2.05) is 24.3 Å². The first-order valence-electron chi connectivity index (χ1n) is 6.32. The first kappa shape index (κ1) is 11.7. The summed E-state index contributed by atoms with van der Waals surface area (Å²) in [7, 11) is 0. The van der Waals surface area contributed by atoms with Crippen LogP contribution < -0.4 is 15.5 Å². The zero-order valence-corrected chi connectivity index (χ0v) is 10.6. The summed E-state index contributed by atoms with van der Waals surface area (Å²) in [6.45, 7) is 3.69. The fourth-order valence-corrected chi connectivity index (χ4v) is 2.21. The monoisotopic (exact) mass is 256 g/mol. The lowest BCUT2D eigenvalue weighted by atomic mass is 10.3. The highest BCUT2D eigenvalue weighted by molar-refractivity contribution is 5.48. The lowest BCUT2D eigenvalue weighted by molar-refractivity contribution is 0.638. The lowest BCUT2D eigenvalue weighted by Crippen LogP contribution is -2.47. The molecule has 0 amide bonds. The van der Waals surface area contributed by atoms with Crippen LogP contribution in [0.1, 0.15) is 0 Å². The van der Waals surface area contributed by atoms with E-state index in [4.69, 9.17) is 5.73 Å². The first-order valence-corrected chi connectivity index (χ1v) is 6.32. The molecule has 0 saturated carbocycles. The van der Waals surface area contributed by atoms with Gasteiger partial charge >= 0.3 is 0 Å². The average molecular weight is 256 g/mol. The zero-order valence-electron chi connectivity index (χ0n) is 10.6. The summed E-state index contributed by atoms with van der Waals surface area (Å²) in [5, 5.41) is 8.05. The molecule has 0 aliphatic carbocycles. The summed E-state index contributed by atoms with van der Waals surface area (Å²) in [6.07, 6.45) is 3.39. The van der Waals surface area contributed by atoms with Gasteiger partial charge in [0.05, 0.1) is 11.9 Å². The van der Waals surface area contributed by atoms with Crippen LogP contribution in [0.15, 0.2) is 36.7 Å². The van der Waals surface area contributed by atoms with E-state index in [1.165, 1.54) is 0 Å². The van der Waals surface area contributed by atoms with Gasteiger partial charge in [-0.2, -0.15) is 5.10 Å². The molecule has 19 heavy (non-hydrogen) atoms. The van der Waals surface area contributed by atoms with Crippen LogP contribution in [0.2, 0.25) is 0 Å². The van der Waals surface area contributed by atoms with E-state index in [0.717, 1.165) is 37.8 Å². The predicted molar refractivity (Wildman–Crippen MR) is 75.1 cm³/mol. The minimum absolute atomic E-state index is 0.696. The van der Waals surface area contributed by atoms with Crippen molar-refractivity contribution >= 4 is 17.3 Å². The number of nitrogens with zero attached hydrogens (tertiary/aromatic N) is 5. The van der Waals surface area contributed by atoms with Gasteiger partial charge in [-0.15, -0.1) is 5.10 Å². The van der Waals surface area contributed by atoms with Gasteiger partial charge in [0.2, 0.25) is 0 Å². The standard InChI is InChI=1S/C13H16N6/c14-11-3-4-12(15-10-11)18-6-8-19(9-7-18)13-2-1-5-16-17-13/h1-5,10H,6-9,14H2. The molecule has 2 aromatic heterocycles. The smallest absolute Gasteiger partial charge is 0.151 e. The average Bonchev–Trinajstić information content (AvgIpc) is 2.49. The van der Waals surface area contributed by atoms with Gasteiger partial charge < -0.3 is 15.5 Å². The molecule has 0 unspecified atom stereocenters. The van der Waals surface area contributed by atoms with E-state index in [1.54, 1.807) is 12.4 Å². The summed E-state index contributed by atoms with van der Waals surface area (Å²) in [5.74, 6) is 1.92. The molecule has 6 heteroatoms. The third kappa shape index (κ3) is 2.57. The van der Waals surface area contributed by atoms with Gasteiger partial charge in [0.25, 0.3) is 0 Å². The Morgan fingerprint density at radius 2 is 1.68 bits per heavy atom. The molecular weight excluding hydrogens is 240 g/mol. The third-order valence-electron chi connectivity index (χ3n) is 3.26. The summed E-state index contributed by atoms with van der Waals surface area (Å²) in [5.41, 5.74) is 6.35. The Bertz CT molecular complexity index is 519. The number of aromatic nitrogens is 3. The Balaban J connectivity index is 1.65. The van der Waals surface area contributed by atoms with Gasteiger partial charge in [0.1, 0.15) is 5.82 Å². The van der Waals surface area contributed by atoms with Crippen molar-refractivity contribution < 1.29 is 0 Å². The first-order chi connectivity index (χ1) is 9.33. The number of nitrogen functional groups attached to an aromatic ring is 1.